The first-order valence-electron chi connectivity index (χ1n) is 12.1. The number of carbonyl (C=O) groups is 2. The summed E-state index contributed by atoms with van der Waals surface area (Å²) < 4.78 is 22.3. The van der Waals surface area contributed by atoms with E-state index in [1.54, 1.807) is 0 Å². The van der Waals surface area contributed by atoms with Gasteiger partial charge in [0.15, 0.2) is 10.9 Å². The number of unbranched alkanes of at least 4 members (excludes halogenated alkanes) is 2. The van der Waals surface area contributed by atoms with Gasteiger partial charge in [0.25, 0.3) is 0 Å². The van der Waals surface area contributed by atoms with E-state index < -0.39 is 0 Å². The van der Waals surface area contributed by atoms with E-state index in [2.05, 4.69) is 0 Å². The van der Waals surface area contributed by atoms with Crippen LogP contribution in [0.25, 0.3) is 0 Å². The minimum absolute atomic E-state index is 0.209. The minimum atomic E-state index is -0.292. The molecule has 0 bridgehead atoms. The molecule has 0 spiro atoms. The van der Waals surface area contributed by atoms with Crippen molar-refractivity contribution in [1.29, 1.82) is 0 Å². The molecular formula is C23H40O6S2. The standard InChI is InChI=1S/C23H40O6S2/c1-18(30-28-20-12-6-3-7-13-20)26-22(24)16-10-5-11-17-23(25)27-19(2)31-29-21-14-8-4-9-15-21/h18-21H,3-17H2,1-2H3. The molecule has 2 saturated carbocycles. The molecule has 180 valence electrons. The molecule has 2 unspecified atom stereocenters. The summed E-state index contributed by atoms with van der Waals surface area (Å²) in [7, 11) is 0. The lowest BCUT2D eigenvalue weighted by Crippen LogP contribution is -2.17. The molecule has 2 aliphatic rings. The third-order valence-corrected chi connectivity index (χ3v) is 7.12. The third-order valence-electron chi connectivity index (χ3n) is 5.62. The number of ether oxygens (including phenoxy) is 2. The Morgan fingerprint density at radius 2 is 1.06 bits per heavy atom. The van der Waals surface area contributed by atoms with Crippen molar-refractivity contribution in [3.8, 4) is 0 Å². The molecule has 6 nitrogen and oxygen atoms in total. The Labute approximate surface area is 196 Å². The summed E-state index contributed by atoms with van der Waals surface area (Å²) in [5.41, 5.74) is -0.585. The SMILES string of the molecule is CC(OC(=O)CCCCCC(=O)OC(C)SOC1CCCCC1)SOC1CCCCC1. The van der Waals surface area contributed by atoms with Gasteiger partial charge in [-0.2, -0.15) is 0 Å². The van der Waals surface area contributed by atoms with E-state index in [4.69, 9.17) is 17.8 Å². The molecular weight excluding hydrogens is 436 g/mol. The highest BCUT2D eigenvalue weighted by molar-refractivity contribution is 7.95. The van der Waals surface area contributed by atoms with Gasteiger partial charge in [0, 0.05) is 36.9 Å². The zero-order chi connectivity index (χ0) is 22.3. The fourth-order valence-corrected chi connectivity index (χ4v) is 5.18. The van der Waals surface area contributed by atoms with Gasteiger partial charge in [-0.25, -0.2) is 0 Å². The van der Waals surface area contributed by atoms with E-state index in [1.165, 1.54) is 62.6 Å². The van der Waals surface area contributed by atoms with Crippen LogP contribution in [0.5, 0.6) is 0 Å². The Hall–Kier alpha value is -0.440. The van der Waals surface area contributed by atoms with Crippen LogP contribution >= 0.6 is 24.1 Å². The van der Waals surface area contributed by atoms with Crippen LogP contribution in [0.2, 0.25) is 0 Å². The van der Waals surface area contributed by atoms with E-state index in [0.29, 0.717) is 37.9 Å². The smallest absolute Gasteiger partial charge is 0.306 e. The van der Waals surface area contributed by atoms with Crippen LogP contribution in [-0.2, 0) is 27.4 Å². The van der Waals surface area contributed by atoms with Gasteiger partial charge in [0.2, 0.25) is 0 Å². The van der Waals surface area contributed by atoms with Crippen LogP contribution in [-0.4, -0.2) is 35.0 Å². The van der Waals surface area contributed by atoms with E-state index in [9.17, 15) is 9.59 Å². The van der Waals surface area contributed by atoms with Gasteiger partial charge >= 0.3 is 11.9 Å². The summed E-state index contributed by atoms with van der Waals surface area (Å²) in [5, 5.41) is 0. The van der Waals surface area contributed by atoms with E-state index in [1.807, 2.05) is 13.8 Å². The van der Waals surface area contributed by atoms with Gasteiger partial charge in [-0.3, -0.25) is 9.59 Å². The zero-order valence-electron chi connectivity index (χ0n) is 19.2. The summed E-state index contributed by atoms with van der Waals surface area (Å²) >= 11 is 2.52. The molecule has 0 amide bonds. The molecule has 0 aromatic rings. The first-order valence-corrected chi connectivity index (χ1v) is 13.7. The summed E-state index contributed by atoms with van der Waals surface area (Å²) in [6, 6.07) is 0. The molecule has 31 heavy (non-hydrogen) atoms. The molecule has 0 heterocycles. The number of esters is 2. The molecule has 2 atom stereocenters. The van der Waals surface area contributed by atoms with Gasteiger partial charge in [-0.05, 0) is 52.4 Å². The van der Waals surface area contributed by atoms with Crippen molar-refractivity contribution in [2.24, 2.45) is 0 Å². The summed E-state index contributed by atoms with van der Waals surface area (Å²) in [5.74, 6) is -0.417. The lowest BCUT2D eigenvalue weighted by Gasteiger charge is -2.22. The quantitative estimate of drug-likeness (QED) is 0.119. The Balaban J connectivity index is 1.42. The van der Waals surface area contributed by atoms with Gasteiger partial charge in [-0.15, -0.1) is 0 Å². The average Bonchev–Trinajstić information content (AvgIpc) is 2.77. The molecule has 0 radical (unpaired) electrons. The Morgan fingerprint density at radius 1 is 0.677 bits per heavy atom. The lowest BCUT2D eigenvalue weighted by molar-refractivity contribution is -0.145. The second-order valence-electron chi connectivity index (χ2n) is 8.58. The number of carbonyl (C=O) groups excluding carboxylic acids is 2. The predicted octanol–water partition coefficient (Wildman–Crippen LogP) is 6.71. The first kappa shape index (κ1) is 26.8. The second-order valence-corrected chi connectivity index (χ2v) is 10.7. The number of hydrogen-bond donors (Lipinski definition) is 0. The van der Waals surface area contributed by atoms with E-state index >= 15 is 0 Å². The normalized spacial score (nSPS) is 20.2. The van der Waals surface area contributed by atoms with Crippen LogP contribution in [0, 0.1) is 0 Å². The maximum Gasteiger partial charge on any atom is 0.306 e. The number of hydrogen-bond acceptors (Lipinski definition) is 8. The molecule has 0 aromatic carbocycles. The molecule has 2 aliphatic carbocycles. The van der Waals surface area contributed by atoms with Crippen molar-refractivity contribution >= 4 is 36.0 Å². The predicted molar refractivity (Wildman–Crippen MR) is 125 cm³/mol. The lowest BCUT2D eigenvalue weighted by atomic mass is 9.98. The fourth-order valence-electron chi connectivity index (χ4n) is 3.88. The number of rotatable bonds is 14. The summed E-state index contributed by atoms with van der Waals surface area (Å²) in [6.07, 6.45) is 15.4. The second kappa shape index (κ2) is 16.2. The molecule has 0 aromatic heterocycles. The summed E-state index contributed by atoms with van der Waals surface area (Å²) in [4.78, 5) is 23.9. The molecule has 0 N–H and O–H groups in total. The van der Waals surface area contributed by atoms with Crippen LogP contribution in [0.15, 0.2) is 0 Å². The Kier molecular flexibility index (Phi) is 14.0. The van der Waals surface area contributed by atoms with Crippen LogP contribution in [0.3, 0.4) is 0 Å². The van der Waals surface area contributed by atoms with Crippen molar-refractivity contribution in [2.75, 3.05) is 0 Å². The molecule has 0 saturated heterocycles. The largest absolute Gasteiger partial charge is 0.449 e. The van der Waals surface area contributed by atoms with Gasteiger partial charge in [0.1, 0.15) is 0 Å². The fraction of sp³-hybridized carbons (Fsp3) is 0.913. The van der Waals surface area contributed by atoms with E-state index in [0.717, 1.165) is 32.1 Å². The van der Waals surface area contributed by atoms with Crippen molar-refractivity contribution in [1.82, 2.24) is 0 Å². The molecule has 8 heteroatoms. The highest BCUT2D eigenvalue weighted by Crippen LogP contribution is 2.27. The van der Waals surface area contributed by atoms with Crippen molar-refractivity contribution in [3.05, 3.63) is 0 Å². The average molecular weight is 477 g/mol. The first-order chi connectivity index (χ1) is 15.0. The van der Waals surface area contributed by atoms with Gasteiger partial charge < -0.3 is 17.8 Å². The summed E-state index contributed by atoms with van der Waals surface area (Å²) in [6.45, 7) is 3.69. The zero-order valence-corrected chi connectivity index (χ0v) is 20.8. The van der Waals surface area contributed by atoms with E-state index in [-0.39, 0.29) is 22.8 Å². The third kappa shape index (κ3) is 13.0. The maximum atomic E-state index is 12.0. The van der Waals surface area contributed by atoms with Crippen molar-refractivity contribution in [2.45, 2.75) is 133 Å². The highest BCUT2D eigenvalue weighted by atomic mass is 32.2. The Morgan fingerprint density at radius 3 is 1.45 bits per heavy atom. The van der Waals surface area contributed by atoms with Crippen LogP contribution in [0.1, 0.15) is 110 Å². The topological polar surface area (TPSA) is 71.1 Å². The van der Waals surface area contributed by atoms with Crippen molar-refractivity contribution in [3.63, 3.8) is 0 Å². The molecule has 2 fully saturated rings. The minimum Gasteiger partial charge on any atom is -0.449 e. The van der Waals surface area contributed by atoms with Gasteiger partial charge in [-0.1, -0.05) is 44.9 Å². The van der Waals surface area contributed by atoms with Crippen molar-refractivity contribution < 1.29 is 27.4 Å². The van der Waals surface area contributed by atoms with Crippen LogP contribution < -0.4 is 0 Å². The Bertz CT molecular complexity index is 462. The highest BCUT2D eigenvalue weighted by Gasteiger charge is 2.19. The monoisotopic (exact) mass is 476 g/mol. The molecule has 2 rings (SSSR count). The molecule has 0 aliphatic heterocycles. The van der Waals surface area contributed by atoms with Gasteiger partial charge in [0.05, 0.1) is 12.2 Å². The maximum absolute atomic E-state index is 12.0. The van der Waals surface area contributed by atoms with Crippen LogP contribution in [0.4, 0.5) is 0 Å².